The highest BCUT2D eigenvalue weighted by molar-refractivity contribution is 5.91. The SMILES string of the molecule is COc1c(C)cc(NC(=O)N2CCNCC2)c(C)c1C. The second-order valence-electron chi connectivity index (χ2n) is 5.19. The molecule has 5 nitrogen and oxygen atoms in total. The predicted octanol–water partition coefficient (Wildman–Crippen LogP) is 2.06. The molecule has 110 valence electrons. The summed E-state index contributed by atoms with van der Waals surface area (Å²) in [6.07, 6.45) is 0. The maximum Gasteiger partial charge on any atom is 0.321 e. The molecule has 20 heavy (non-hydrogen) atoms. The van der Waals surface area contributed by atoms with Gasteiger partial charge in [-0.25, -0.2) is 4.79 Å². The molecule has 0 atom stereocenters. The lowest BCUT2D eigenvalue weighted by molar-refractivity contribution is 0.204. The molecule has 0 aromatic heterocycles. The summed E-state index contributed by atoms with van der Waals surface area (Å²) in [6, 6.07) is 1.94. The van der Waals surface area contributed by atoms with Gasteiger partial charge in [-0.2, -0.15) is 0 Å². The van der Waals surface area contributed by atoms with Crippen LogP contribution in [0.1, 0.15) is 16.7 Å². The van der Waals surface area contributed by atoms with E-state index in [4.69, 9.17) is 4.74 Å². The van der Waals surface area contributed by atoms with Gasteiger partial charge in [0.25, 0.3) is 0 Å². The van der Waals surface area contributed by atoms with Gasteiger partial charge in [-0.1, -0.05) is 0 Å². The molecular weight excluding hydrogens is 254 g/mol. The van der Waals surface area contributed by atoms with Gasteiger partial charge >= 0.3 is 6.03 Å². The molecule has 0 saturated carbocycles. The van der Waals surface area contributed by atoms with Crippen LogP contribution in [0.25, 0.3) is 0 Å². The van der Waals surface area contributed by atoms with Crippen LogP contribution < -0.4 is 15.4 Å². The van der Waals surface area contributed by atoms with Crippen LogP contribution in [0, 0.1) is 20.8 Å². The molecule has 1 aromatic carbocycles. The minimum absolute atomic E-state index is 0.0291. The first-order chi connectivity index (χ1) is 9.54. The van der Waals surface area contributed by atoms with E-state index in [0.29, 0.717) is 0 Å². The van der Waals surface area contributed by atoms with E-state index in [0.717, 1.165) is 54.3 Å². The Labute approximate surface area is 120 Å². The Morgan fingerprint density at radius 3 is 2.50 bits per heavy atom. The number of carbonyl (C=O) groups is 1. The highest BCUT2D eigenvalue weighted by Gasteiger charge is 2.18. The normalized spacial score (nSPS) is 15.1. The Hall–Kier alpha value is -1.75. The number of benzene rings is 1. The molecule has 1 aromatic rings. The van der Waals surface area contributed by atoms with Gasteiger partial charge in [0.15, 0.2) is 0 Å². The molecule has 5 heteroatoms. The van der Waals surface area contributed by atoms with Gasteiger partial charge in [-0.15, -0.1) is 0 Å². The van der Waals surface area contributed by atoms with Crippen molar-refractivity contribution in [3.63, 3.8) is 0 Å². The second kappa shape index (κ2) is 6.13. The quantitative estimate of drug-likeness (QED) is 0.870. The highest BCUT2D eigenvalue weighted by Crippen LogP contribution is 2.31. The fraction of sp³-hybridized carbons (Fsp3) is 0.533. The van der Waals surface area contributed by atoms with Crippen molar-refractivity contribution in [3.05, 3.63) is 22.8 Å². The van der Waals surface area contributed by atoms with E-state index in [2.05, 4.69) is 10.6 Å². The third kappa shape index (κ3) is 2.88. The lowest BCUT2D eigenvalue weighted by Crippen LogP contribution is -2.48. The van der Waals surface area contributed by atoms with Crippen molar-refractivity contribution in [2.24, 2.45) is 0 Å². The van der Waals surface area contributed by atoms with E-state index >= 15 is 0 Å². The summed E-state index contributed by atoms with van der Waals surface area (Å²) in [5.74, 6) is 0.891. The first-order valence-corrected chi connectivity index (χ1v) is 6.96. The summed E-state index contributed by atoms with van der Waals surface area (Å²) in [6.45, 7) is 9.22. The molecule has 0 aliphatic carbocycles. The van der Waals surface area contributed by atoms with E-state index < -0.39 is 0 Å². The Kier molecular flexibility index (Phi) is 4.49. The largest absolute Gasteiger partial charge is 0.496 e. The molecule has 1 fully saturated rings. The van der Waals surface area contributed by atoms with Gasteiger partial charge < -0.3 is 20.3 Å². The predicted molar refractivity (Wildman–Crippen MR) is 80.7 cm³/mol. The number of hydrogen-bond donors (Lipinski definition) is 2. The summed E-state index contributed by atoms with van der Waals surface area (Å²) in [4.78, 5) is 14.1. The monoisotopic (exact) mass is 277 g/mol. The molecule has 2 N–H and O–H groups in total. The smallest absolute Gasteiger partial charge is 0.321 e. The number of urea groups is 1. The fourth-order valence-electron chi connectivity index (χ4n) is 2.56. The van der Waals surface area contributed by atoms with Crippen LogP contribution in [-0.2, 0) is 0 Å². The average molecular weight is 277 g/mol. The number of methoxy groups -OCH3 is 1. The van der Waals surface area contributed by atoms with E-state index in [9.17, 15) is 4.79 Å². The maximum absolute atomic E-state index is 12.3. The Morgan fingerprint density at radius 1 is 1.25 bits per heavy atom. The van der Waals surface area contributed by atoms with Crippen LogP contribution in [0.3, 0.4) is 0 Å². The number of rotatable bonds is 2. The molecule has 1 heterocycles. The molecule has 0 spiro atoms. The molecular formula is C15H23N3O2. The number of hydrogen-bond acceptors (Lipinski definition) is 3. The summed E-state index contributed by atoms with van der Waals surface area (Å²) >= 11 is 0. The third-order valence-corrected chi connectivity index (χ3v) is 3.88. The molecule has 1 aliphatic rings. The topological polar surface area (TPSA) is 53.6 Å². The summed E-state index contributed by atoms with van der Waals surface area (Å²) in [7, 11) is 1.67. The van der Waals surface area contributed by atoms with Gasteiger partial charge in [0.05, 0.1) is 7.11 Å². The van der Waals surface area contributed by atoms with Crippen molar-refractivity contribution in [1.29, 1.82) is 0 Å². The van der Waals surface area contributed by atoms with Crippen molar-refractivity contribution in [2.45, 2.75) is 20.8 Å². The number of carbonyl (C=O) groups excluding carboxylic acids is 1. The standard InChI is InChI=1S/C15H23N3O2/c1-10-9-13(11(2)12(3)14(10)20-4)17-15(19)18-7-5-16-6-8-18/h9,16H,5-8H2,1-4H3,(H,17,19). The van der Waals surface area contributed by atoms with Crippen molar-refractivity contribution in [3.8, 4) is 5.75 Å². The van der Waals surface area contributed by atoms with Gasteiger partial charge in [0.1, 0.15) is 5.75 Å². The minimum Gasteiger partial charge on any atom is -0.496 e. The molecule has 0 bridgehead atoms. The average Bonchev–Trinajstić information content (AvgIpc) is 2.46. The third-order valence-electron chi connectivity index (χ3n) is 3.88. The summed E-state index contributed by atoms with van der Waals surface area (Å²) < 4.78 is 5.40. The first kappa shape index (κ1) is 14.7. The zero-order valence-electron chi connectivity index (χ0n) is 12.7. The number of piperazine rings is 1. The molecule has 1 saturated heterocycles. The molecule has 2 amide bonds. The first-order valence-electron chi connectivity index (χ1n) is 6.96. The minimum atomic E-state index is -0.0291. The van der Waals surface area contributed by atoms with Crippen LogP contribution in [0.5, 0.6) is 5.75 Å². The Morgan fingerprint density at radius 2 is 1.90 bits per heavy atom. The number of anilines is 1. The summed E-state index contributed by atoms with van der Waals surface area (Å²) in [5.41, 5.74) is 4.02. The van der Waals surface area contributed by atoms with E-state index in [-0.39, 0.29) is 6.03 Å². The molecule has 1 aliphatic heterocycles. The van der Waals surface area contributed by atoms with Crippen molar-refractivity contribution in [1.82, 2.24) is 10.2 Å². The van der Waals surface area contributed by atoms with E-state index in [1.54, 1.807) is 7.11 Å². The highest BCUT2D eigenvalue weighted by atomic mass is 16.5. The van der Waals surface area contributed by atoms with Crippen LogP contribution in [0.4, 0.5) is 10.5 Å². The molecule has 2 rings (SSSR count). The number of ether oxygens (including phenoxy) is 1. The van der Waals surface area contributed by atoms with Crippen molar-refractivity contribution < 1.29 is 9.53 Å². The zero-order chi connectivity index (χ0) is 14.7. The second-order valence-corrected chi connectivity index (χ2v) is 5.19. The fourth-order valence-corrected chi connectivity index (χ4v) is 2.56. The molecule has 0 unspecified atom stereocenters. The van der Waals surface area contributed by atoms with E-state index in [1.165, 1.54) is 0 Å². The van der Waals surface area contributed by atoms with Crippen LogP contribution >= 0.6 is 0 Å². The van der Waals surface area contributed by atoms with Crippen molar-refractivity contribution in [2.75, 3.05) is 38.6 Å². The van der Waals surface area contributed by atoms with Crippen LogP contribution in [0.2, 0.25) is 0 Å². The van der Waals surface area contributed by atoms with Gasteiger partial charge in [0.2, 0.25) is 0 Å². The van der Waals surface area contributed by atoms with Crippen LogP contribution in [0.15, 0.2) is 6.07 Å². The lowest BCUT2D eigenvalue weighted by atomic mass is 10.0. The zero-order valence-corrected chi connectivity index (χ0v) is 12.7. The molecule has 0 radical (unpaired) electrons. The van der Waals surface area contributed by atoms with Crippen molar-refractivity contribution >= 4 is 11.7 Å². The Balaban J connectivity index is 2.19. The lowest BCUT2D eigenvalue weighted by Gasteiger charge is -2.28. The number of nitrogens with zero attached hydrogens (tertiary/aromatic N) is 1. The van der Waals surface area contributed by atoms with Gasteiger partial charge in [-0.05, 0) is 43.5 Å². The van der Waals surface area contributed by atoms with Gasteiger partial charge in [-0.3, -0.25) is 0 Å². The number of aryl methyl sites for hydroxylation is 1. The van der Waals surface area contributed by atoms with Gasteiger partial charge in [0, 0.05) is 31.9 Å². The van der Waals surface area contributed by atoms with Crippen LogP contribution in [-0.4, -0.2) is 44.2 Å². The maximum atomic E-state index is 12.3. The van der Waals surface area contributed by atoms with E-state index in [1.807, 2.05) is 31.7 Å². The Bertz CT molecular complexity index is 508. The number of nitrogens with one attached hydrogen (secondary N) is 2. The number of amides is 2. The summed E-state index contributed by atoms with van der Waals surface area (Å²) in [5, 5.41) is 6.26.